The number of aliphatic hydroxyl groups is 7. The molecule has 3 saturated carbocycles. The lowest BCUT2D eigenvalue weighted by Gasteiger charge is -2.66. The highest BCUT2D eigenvalue weighted by Crippen LogP contribution is 2.75. The normalized spacial score (nSPS) is 49.5. The van der Waals surface area contributed by atoms with Crippen LogP contribution in [0.4, 0.5) is 0 Å². The molecule has 0 bridgehead atoms. The second-order valence-corrected chi connectivity index (χ2v) is 16.9. The zero-order chi connectivity index (χ0) is 34.4. The average Bonchev–Trinajstić information content (AvgIpc) is 3.19. The topological polar surface area (TPSA) is 177 Å². The molecule has 10 nitrogen and oxygen atoms in total. The summed E-state index contributed by atoms with van der Waals surface area (Å²) in [6, 6.07) is 0. The van der Waals surface area contributed by atoms with E-state index >= 15 is 0 Å². The van der Waals surface area contributed by atoms with Crippen molar-refractivity contribution < 1.29 is 50.0 Å². The van der Waals surface area contributed by atoms with Crippen molar-refractivity contribution in [1.29, 1.82) is 0 Å². The molecule has 4 aliphatic carbocycles. The number of rotatable bonds is 7. The molecule has 0 aromatic rings. The summed E-state index contributed by atoms with van der Waals surface area (Å²) in [5.74, 6) is -0.810. The molecular weight excluding hydrogens is 592 g/mol. The molecule has 0 amide bonds. The fourth-order valence-corrected chi connectivity index (χ4v) is 10.9. The molecule has 7 N–H and O–H groups in total. The number of Topliss-reactive ketones (excluding diaryl/α,β-unsaturated/α-hetero) is 1. The molecule has 1 heterocycles. The highest BCUT2D eigenvalue weighted by molar-refractivity contribution is 5.88. The van der Waals surface area contributed by atoms with E-state index in [-0.39, 0.29) is 29.5 Å². The van der Waals surface area contributed by atoms with Crippen LogP contribution < -0.4 is 0 Å². The number of ether oxygens (including phenoxy) is 2. The Kier molecular flexibility index (Phi) is 9.40. The molecule has 0 aromatic carbocycles. The molecule has 0 radical (unpaired) electrons. The second kappa shape index (κ2) is 12.0. The predicted octanol–water partition coefficient (Wildman–Crippen LogP) is 2.39. The first-order valence-electron chi connectivity index (χ1n) is 17.1. The minimum absolute atomic E-state index is 0.0167. The van der Waals surface area contributed by atoms with Crippen LogP contribution in [0.25, 0.3) is 0 Å². The van der Waals surface area contributed by atoms with Gasteiger partial charge in [-0.15, -0.1) is 0 Å². The Labute approximate surface area is 273 Å². The zero-order valence-electron chi connectivity index (χ0n) is 28.8. The number of ketones is 1. The molecule has 15 atom stereocenters. The number of carbonyl (C=O) groups is 1. The van der Waals surface area contributed by atoms with Crippen molar-refractivity contribution in [2.45, 2.75) is 149 Å². The zero-order valence-corrected chi connectivity index (χ0v) is 28.8. The van der Waals surface area contributed by atoms with Crippen LogP contribution in [0.3, 0.4) is 0 Å². The number of hydrogen-bond acceptors (Lipinski definition) is 10. The first kappa shape index (κ1) is 36.1. The van der Waals surface area contributed by atoms with Gasteiger partial charge >= 0.3 is 0 Å². The molecule has 10 heteroatoms. The van der Waals surface area contributed by atoms with Crippen LogP contribution in [0.2, 0.25) is 0 Å². The third-order valence-electron chi connectivity index (χ3n) is 13.8. The fourth-order valence-electron chi connectivity index (χ4n) is 10.9. The van der Waals surface area contributed by atoms with Gasteiger partial charge in [-0.2, -0.15) is 0 Å². The highest BCUT2D eigenvalue weighted by Gasteiger charge is 2.72. The third-order valence-corrected chi connectivity index (χ3v) is 13.8. The van der Waals surface area contributed by atoms with E-state index in [0.29, 0.717) is 19.3 Å². The summed E-state index contributed by atoms with van der Waals surface area (Å²) in [4.78, 5) is 13.4. The van der Waals surface area contributed by atoms with Crippen LogP contribution in [0.5, 0.6) is 0 Å². The summed E-state index contributed by atoms with van der Waals surface area (Å²) in [7, 11) is 0. The summed E-state index contributed by atoms with van der Waals surface area (Å²) in [5.41, 5.74) is -1.40. The smallest absolute Gasteiger partial charge is 0.187 e. The van der Waals surface area contributed by atoms with Crippen LogP contribution in [0, 0.1) is 39.4 Å². The highest BCUT2D eigenvalue weighted by atomic mass is 16.7. The van der Waals surface area contributed by atoms with Gasteiger partial charge in [0.15, 0.2) is 12.1 Å². The molecular formula is C36H58O10. The lowest BCUT2D eigenvalue weighted by Crippen LogP contribution is -2.64. The predicted molar refractivity (Wildman–Crippen MR) is 170 cm³/mol. The Balaban J connectivity index is 1.46. The number of carbonyl (C=O) groups excluding carboxylic acids is 1. The Morgan fingerprint density at radius 3 is 2.28 bits per heavy atom. The van der Waals surface area contributed by atoms with Crippen LogP contribution in [0.15, 0.2) is 23.3 Å². The van der Waals surface area contributed by atoms with E-state index in [9.17, 15) is 40.5 Å². The molecule has 0 aromatic heterocycles. The van der Waals surface area contributed by atoms with Crippen molar-refractivity contribution in [2.75, 3.05) is 6.61 Å². The molecule has 1 saturated heterocycles. The first-order chi connectivity index (χ1) is 21.2. The van der Waals surface area contributed by atoms with Crippen LogP contribution in [0.1, 0.15) is 93.9 Å². The lowest BCUT2D eigenvalue weighted by atomic mass is 9.38. The maximum Gasteiger partial charge on any atom is 0.187 e. The van der Waals surface area contributed by atoms with Gasteiger partial charge in [0.1, 0.15) is 30.0 Å². The number of allylic oxidation sites excluding steroid dienone is 3. The van der Waals surface area contributed by atoms with Crippen molar-refractivity contribution in [3.63, 3.8) is 0 Å². The maximum atomic E-state index is 13.4. The summed E-state index contributed by atoms with van der Waals surface area (Å²) in [6.07, 6.45) is -2.38. The maximum absolute atomic E-state index is 13.4. The third kappa shape index (κ3) is 5.21. The van der Waals surface area contributed by atoms with E-state index in [0.717, 1.165) is 24.0 Å². The second-order valence-electron chi connectivity index (χ2n) is 16.9. The van der Waals surface area contributed by atoms with Gasteiger partial charge in [0, 0.05) is 17.8 Å². The van der Waals surface area contributed by atoms with Gasteiger partial charge in [-0.1, -0.05) is 57.9 Å². The molecule has 4 fully saturated rings. The fraction of sp³-hybridized carbons (Fsp3) is 0.861. The van der Waals surface area contributed by atoms with Gasteiger partial charge in [-0.05, 0) is 81.0 Å². The summed E-state index contributed by atoms with van der Waals surface area (Å²) in [6.45, 7) is 15.5. The van der Waals surface area contributed by atoms with E-state index in [4.69, 9.17) is 9.47 Å². The number of aliphatic hydroxyl groups excluding tert-OH is 6. The van der Waals surface area contributed by atoms with Crippen molar-refractivity contribution in [2.24, 2.45) is 39.4 Å². The lowest BCUT2D eigenvalue weighted by molar-refractivity contribution is -0.324. The molecule has 0 spiro atoms. The molecule has 1 aliphatic heterocycles. The SMILES string of the molecule is CC(C)=CCC(=O)[C@](C)(O)[C@H]1[C@H](O)C[C@@]2(C)[C@@H]3CC=C4[C@@H](C[C@H](O[C@H]5O[C@@H](CO)[C@H](O)[C@@H](O)[C@@H]5O)[C@H](O)C4(C)C)[C@]3(C)CC[C@]12C. The molecule has 262 valence electrons. The van der Waals surface area contributed by atoms with Gasteiger partial charge in [-0.25, -0.2) is 0 Å². The monoisotopic (exact) mass is 650 g/mol. The van der Waals surface area contributed by atoms with E-state index in [2.05, 4.69) is 26.8 Å². The van der Waals surface area contributed by atoms with Crippen LogP contribution in [-0.2, 0) is 14.3 Å². The Bertz CT molecular complexity index is 1240. The Morgan fingerprint density at radius 2 is 1.67 bits per heavy atom. The van der Waals surface area contributed by atoms with E-state index in [1.807, 2.05) is 33.8 Å². The quantitative estimate of drug-likeness (QED) is 0.203. The molecule has 5 rings (SSSR count). The Hall–Kier alpha value is -1.21. The van der Waals surface area contributed by atoms with Crippen LogP contribution >= 0.6 is 0 Å². The van der Waals surface area contributed by atoms with Gasteiger partial charge < -0.3 is 45.2 Å². The molecule has 0 unspecified atom stereocenters. The number of fused-ring (bicyclic) bond motifs is 5. The minimum atomic E-state index is -1.69. The van der Waals surface area contributed by atoms with Gasteiger partial charge in [0.05, 0.1) is 24.9 Å². The van der Waals surface area contributed by atoms with E-state index in [1.54, 1.807) is 6.92 Å². The van der Waals surface area contributed by atoms with Crippen molar-refractivity contribution >= 4 is 5.78 Å². The molecule has 46 heavy (non-hydrogen) atoms. The van der Waals surface area contributed by atoms with Crippen LogP contribution in [-0.4, -0.2) is 103 Å². The molecule has 5 aliphatic rings. The van der Waals surface area contributed by atoms with Crippen molar-refractivity contribution in [1.82, 2.24) is 0 Å². The van der Waals surface area contributed by atoms with Crippen molar-refractivity contribution in [3.05, 3.63) is 23.3 Å². The minimum Gasteiger partial charge on any atom is -0.394 e. The Morgan fingerprint density at radius 1 is 1.02 bits per heavy atom. The van der Waals surface area contributed by atoms with Gasteiger partial charge in [0.2, 0.25) is 0 Å². The van der Waals surface area contributed by atoms with Gasteiger partial charge in [0.25, 0.3) is 0 Å². The largest absolute Gasteiger partial charge is 0.394 e. The average molecular weight is 651 g/mol. The van der Waals surface area contributed by atoms with E-state index in [1.165, 1.54) is 0 Å². The summed E-state index contributed by atoms with van der Waals surface area (Å²) < 4.78 is 11.9. The summed E-state index contributed by atoms with van der Waals surface area (Å²) >= 11 is 0. The van der Waals surface area contributed by atoms with Gasteiger partial charge in [-0.3, -0.25) is 4.79 Å². The van der Waals surface area contributed by atoms with E-state index < -0.39 is 83.4 Å². The standard InChI is InChI=1S/C36H58O10/c1-18(2)9-12-25(39)36(8,44)29-21(38)16-35(7)24-11-10-19-20(33(24,5)13-14-34(29,35)6)15-22(30(43)32(19,3)4)45-31-28(42)27(41)26(40)23(17-37)46-31/h9-10,20-24,26-31,37-38,40-44H,11-17H2,1-8H3/t20-,21-,22+,23+,24-,26+,27-,28+,29+,30+,31+,33+,34-,35+,36+/m1/s1. The van der Waals surface area contributed by atoms with Crippen molar-refractivity contribution in [3.8, 4) is 0 Å². The summed E-state index contributed by atoms with van der Waals surface area (Å²) in [5, 5.41) is 76.2. The first-order valence-corrected chi connectivity index (χ1v) is 17.1. The number of hydrogen-bond donors (Lipinski definition) is 7.